The SMILES string of the molecule is CCC1O[C@@H](OC2[C@H](O[C@H]3CCC4(C)C5CC=C6C7CC(C)(C)CC[C@]7(C(C)=O)[C@H](OC)CC6(C)[C@]5(C)CC[C@H]4C3(C)C=O)OC[C@@H](C)[C@@H]2O[C@@H]2O[C@@H](C)[C@H](C)C(C)C2C)C(O[Si](CC)(CC)CC)[C@@H](C)[C@H]1C. The van der Waals surface area contributed by atoms with Crippen molar-refractivity contribution in [3.63, 3.8) is 0 Å². The highest BCUT2D eigenvalue weighted by Gasteiger charge is 2.72. The smallest absolute Gasteiger partial charge is 0.192 e. The molecule has 11 heteroatoms. The van der Waals surface area contributed by atoms with Gasteiger partial charge in [0.25, 0.3) is 0 Å². The Labute approximate surface area is 445 Å². The second-order valence-electron chi connectivity index (χ2n) is 28.1. The zero-order valence-corrected chi connectivity index (χ0v) is 50.6. The Kier molecular flexibility index (Phi) is 16.9. The highest BCUT2D eigenvalue weighted by molar-refractivity contribution is 6.73. The number of ether oxygens (including phenoxy) is 7. The zero-order valence-electron chi connectivity index (χ0n) is 49.6. The summed E-state index contributed by atoms with van der Waals surface area (Å²) < 4.78 is 57.1. The van der Waals surface area contributed by atoms with Crippen molar-refractivity contribution < 1.29 is 47.2 Å². The zero-order chi connectivity index (χ0) is 53.6. The van der Waals surface area contributed by atoms with Gasteiger partial charge in [0.1, 0.15) is 18.2 Å². The van der Waals surface area contributed by atoms with Gasteiger partial charge in [-0.2, -0.15) is 0 Å². The molecule has 8 aliphatic rings. The first-order chi connectivity index (χ1) is 34.2. The van der Waals surface area contributed by atoms with E-state index < -0.39 is 56.3 Å². The van der Waals surface area contributed by atoms with Crippen LogP contribution >= 0.6 is 0 Å². The van der Waals surface area contributed by atoms with Gasteiger partial charge in [0, 0.05) is 18.9 Å². The van der Waals surface area contributed by atoms with Gasteiger partial charge >= 0.3 is 0 Å². The molecule has 0 bridgehead atoms. The van der Waals surface area contributed by atoms with Gasteiger partial charge in [0.2, 0.25) is 0 Å². The monoisotopic (exact) mass is 1040 g/mol. The van der Waals surface area contributed by atoms with Crippen LogP contribution in [0.5, 0.6) is 0 Å². The summed E-state index contributed by atoms with van der Waals surface area (Å²) >= 11 is 0. The largest absolute Gasteiger partial charge is 0.408 e. The third-order valence-electron chi connectivity index (χ3n) is 24.5. The molecule has 4 saturated carbocycles. The standard InChI is InChI=1S/C62H106O10Si/c1-20-46-39(8)40(9)52(72-73(21-2,22-3)23-4)56(68-46)71-53-51(70-54-41(10)37(6)38(7)42(11)67-54)36(5)34-66-55(53)69-49-27-28-58(15)47(59(49,16)35-63)26-29-60(17)48(58)25-24-44-45-32-57(13,14)30-31-62(45,43(12)64)50(65-19)33-61(44,60)18/h24,35-42,45-56H,20-23,25-34H2,1-19H3/t36-,37?,38-,39-,40+,41?,42+,45?,46?,47-,48?,49+,50-,51+,52?,53?,54+,55+,56+,58?,59?,60-,61?,62-/m1/s1. The highest BCUT2D eigenvalue weighted by Crippen LogP contribution is 2.76. The lowest BCUT2D eigenvalue weighted by atomic mass is 9.33. The minimum Gasteiger partial charge on any atom is -0.408 e. The average molecular weight is 1040 g/mol. The van der Waals surface area contributed by atoms with E-state index in [1.807, 2.05) is 14.0 Å². The van der Waals surface area contributed by atoms with Crippen LogP contribution in [-0.4, -0.2) is 95.7 Å². The molecule has 10 unspecified atom stereocenters. The molecule has 0 spiro atoms. The van der Waals surface area contributed by atoms with Crippen LogP contribution in [0.1, 0.15) is 189 Å². The van der Waals surface area contributed by atoms with Crippen molar-refractivity contribution in [2.45, 2.75) is 269 Å². The number of carbonyl (C=O) groups is 2. The summed E-state index contributed by atoms with van der Waals surface area (Å²) in [5, 5.41) is 0. The Morgan fingerprint density at radius 3 is 2.00 bits per heavy atom. The van der Waals surface area contributed by atoms with Crippen LogP contribution in [0, 0.1) is 85.8 Å². The Morgan fingerprint density at radius 1 is 0.712 bits per heavy atom. The summed E-state index contributed by atoms with van der Waals surface area (Å²) in [4.78, 5) is 28.3. The van der Waals surface area contributed by atoms with Crippen LogP contribution in [-0.2, 0) is 47.2 Å². The molecule has 0 aromatic heterocycles. The van der Waals surface area contributed by atoms with Crippen LogP contribution in [0.3, 0.4) is 0 Å². The summed E-state index contributed by atoms with van der Waals surface area (Å²) in [7, 11) is -0.258. The maximum Gasteiger partial charge on any atom is 0.192 e. The van der Waals surface area contributed by atoms with Crippen LogP contribution in [0.2, 0.25) is 18.1 Å². The van der Waals surface area contributed by atoms with E-state index in [0.717, 1.165) is 82.3 Å². The molecular weight excluding hydrogens is 933 g/mol. The molecule has 73 heavy (non-hydrogen) atoms. The molecule has 0 amide bonds. The van der Waals surface area contributed by atoms with E-state index in [2.05, 4.69) is 124 Å². The van der Waals surface area contributed by atoms with Crippen LogP contribution < -0.4 is 0 Å². The molecule has 10 nitrogen and oxygen atoms in total. The quantitative estimate of drug-likeness (QED) is 0.0681. The van der Waals surface area contributed by atoms with Crippen LogP contribution in [0.25, 0.3) is 0 Å². The number of methoxy groups -OCH3 is 1. The molecule has 8 rings (SSSR count). The molecule has 3 saturated heterocycles. The molecule has 0 N–H and O–H groups in total. The lowest BCUT2D eigenvalue weighted by Crippen LogP contribution is -2.68. The number of hydrogen-bond donors (Lipinski definition) is 0. The summed E-state index contributed by atoms with van der Waals surface area (Å²) in [5.74, 6) is 2.34. The van der Waals surface area contributed by atoms with Crippen molar-refractivity contribution >= 4 is 20.4 Å². The van der Waals surface area contributed by atoms with E-state index in [4.69, 9.17) is 37.6 Å². The van der Waals surface area contributed by atoms with E-state index >= 15 is 0 Å². The fourth-order valence-corrected chi connectivity index (χ4v) is 21.1. The van der Waals surface area contributed by atoms with Crippen molar-refractivity contribution in [1.82, 2.24) is 0 Å². The summed E-state index contributed by atoms with van der Waals surface area (Å²) in [5.41, 5.74) is 0.0902. The second kappa shape index (κ2) is 21.2. The van der Waals surface area contributed by atoms with Crippen molar-refractivity contribution in [3.8, 4) is 0 Å². The van der Waals surface area contributed by atoms with Gasteiger partial charge in [-0.3, -0.25) is 4.79 Å². The topological polar surface area (TPSA) is 108 Å². The maximum absolute atomic E-state index is 14.3. The number of carbonyl (C=O) groups excluding carboxylic acids is 2. The second-order valence-corrected chi connectivity index (χ2v) is 32.8. The normalized spacial score (nSPS) is 50.9. The molecule has 0 aromatic rings. The Hall–Kier alpha value is -1.02. The lowest BCUT2D eigenvalue weighted by Gasteiger charge is -2.72. The molecular formula is C62H106O10Si. The van der Waals surface area contributed by atoms with Crippen molar-refractivity contribution in [3.05, 3.63) is 11.6 Å². The third kappa shape index (κ3) is 9.36. The first kappa shape index (κ1) is 58.1. The van der Waals surface area contributed by atoms with Crippen molar-refractivity contribution in [2.75, 3.05) is 13.7 Å². The molecule has 3 aliphatic heterocycles. The first-order valence-electron chi connectivity index (χ1n) is 30.0. The van der Waals surface area contributed by atoms with E-state index in [1.54, 1.807) is 0 Å². The van der Waals surface area contributed by atoms with Gasteiger partial charge in [-0.25, -0.2) is 0 Å². The number of hydrogen-bond acceptors (Lipinski definition) is 10. The van der Waals surface area contributed by atoms with Crippen molar-refractivity contribution in [1.29, 1.82) is 0 Å². The highest BCUT2D eigenvalue weighted by atomic mass is 28.4. The van der Waals surface area contributed by atoms with Crippen LogP contribution in [0.15, 0.2) is 11.6 Å². The number of allylic oxidation sites excluding steroid dienone is 2. The minimum absolute atomic E-state index is 0.00544. The van der Waals surface area contributed by atoms with E-state index in [1.165, 1.54) is 11.9 Å². The van der Waals surface area contributed by atoms with Gasteiger partial charge in [0.15, 0.2) is 27.2 Å². The fourth-order valence-electron chi connectivity index (χ4n) is 18.2. The number of ketones is 1. The summed E-state index contributed by atoms with van der Waals surface area (Å²) in [6.45, 7) is 41.8. The Balaban J connectivity index is 1.13. The van der Waals surface area contributed by atoms with Gasteiger partial charge in [0.05, 0.1) is 54.1 Å². The predicted octanol–water partition coefficient (Wildman–Crippen LogP) is 13.8. The van der Waals surface area contributed by atoms with E-state index in [-0.39, 0.29) is 75.7 Å². The van der Waals surface area contributed by atoms with Gasteiger partial charge < -0.3 is 42.4 Å². The first-order valence-corrected chi connectivity index (χ1v) is 32.6. The Morgan fingerprint density at radius 2 is 1.38 bits per heavy atom. The van der Waals surface area contributed by atoms with Gasteiger partial charge in [-0.15, -0.1) is 0 Å². The molecule has 418 valence electrons. The van der Waals surface area contributed by atoms with Crippen LogP contribution in [0.4, 0.5) is 0 Å². The average Bonchev–Trinajstić information content (AvgIpc) is 3.35. The van der Waals surface area contributed by atoms with E-state index in [9.17, 15) is 9.59 Å². The minimum atomic E-state index is -2.11. The molecule has 24 atom stereocenters. The number of rotatable bonds is 15. The molecule has 0 aromatic carbocycles. The number of fused-ring (bicyclic) bond motifs is 7. The lowest BCUT2D eigenvalue weighted by molar-refractivity contribution is -0.372. The molecule has 3 heterocycles. The van der Waals surface area contributed by atoms with Gasteiger partial charge in [-0.05, 0) is 159 Å². The molecule has 5 aliphatic carbocycles. The third-order valence-corrected chi connectivity index (χ3v) is 29.1. The number of aldehydes is 1. The van der Waals surface area contributed by atoms with Gasteiger partial charge in [-0.1, -0.05) is 122 Å². The molecule has 7 fully saturated rings. The summed E-state index contributed by atoms with van der Waals surface area (Å²) in [6, 6.07) is 3.10. The molecule has 0 radical (unpaired) electrons. The number of Topliss-reactive ketones (excluding diaryl/α,β-unsaturated/α-hetero) is 1. The van der Waals surface area contributed by atoms with E-state index in [0.29, 0.717) is 36.1 Å². The predicted molar refractivity (Wildman–Crippen MR) is 291 cm³/mol. The maximum atomic E-state index is 14.3. The summed E-state index contributed by atoms with van der Waals surface area (Å²) in [6.07, 6.45) is 9.35. The van der Waals surface area contributed by atoms with Crippen molar-refractivity contribution in [2.24, 2.45) is 85.8 Å². The fraction of sp³-hybridized carbons (Fsp3) is 0.935. The Bertz CT molecular complexity index is 1980.